The molecule has 2 atom stereocenters. The number of β-amino-alcohol motifs (C(OH)–C–C–N with tert-alkyl or cyclic N) is 2. The van der Waals surface area contributed by atoms with Gasteiger partial charge in [-0.05, 0) is 12.1 Å². The molecule has 1 aliphatic heterocycles. The number of halogens is 1. The molecular weight excluding hydrogens is 241 g/mol. The van der Waals surface area contributed by atoms with Crippen molar-refractivity contribution in [2.45, 2.75) is 12.2 Å². The van der Waals surface area contributed by atoms with Crippen molar-refractivity contribution < 1.29 is 24.1 Å². The highest BCUT2D eigenvalue weighted by Crippen LogP contribution is 2.13. The van der Waals surface area contributed by atoms with Crippen LogP contribution in [0, 0.1) is 5.82 Å². The molecule has 2 rings (SSSR count). The van der Waals surface area contributed by atoms with Crippen molar-refractivity contribution >= 4 is 5.91 Å². The van der Waals surface area contributed by atoms with E-state index < -0.39 is 18.0 Å². The number of aliphatic hydroxyl groups is 2. The lowest BCUT2D eigenvalue weighted by Crippen LogP contribution is -2.33. The zero-order chi connectivity index (χ0) is 13.1. The maximum absolute atomic E-state index is 12.9. The van der Waals surface area contributed by atoms with E-state index in [1.165, 1.54) is 23.1 Å². The third-order valence-electron chi connectivity index (χ3n) is 2.77. The summed E-state index contributed by atoms with van der Waals surface area (Å²) in [7, 11) is 0. The van der Waals surface area contributed by atoms with Gasteiger partial charge in [-0.3, -0.25) is 4.79 Å². The molecule has 1 aromatic rings. The molecular formula is C12H14FNO4. The van der Waals surface area contributed by atoms with Crippen molar-refractivity contribution in [3.63, 3.8) is 0 Å². The number of aliphatic hydroxyl groups excluding tert-OH is 2. The molecule has 2 N–H and O–H groups in total. The first kappa shape index (κ1) is 12.8. The molecule has 0 spiro atoms. The minimum absolute atomic E-state index is 0.0898. The van der Waals surface area contributed by atoms with E-state index in [1.54, 1.807) is 6.07 Å². The summed E-state index contributed by atoms with van der Waals surface area (Å²) in [6, 6.07) is 5.49. The van der Waals surface area contributed by atoms with Gasteiger partial charge in [0.1, 0.15) is 11.6 Å². The summed E-state index contributed by atoms with van der Waals surface area (Å²) >= 11 is 0. The average molecular weight is 255 g/mol. The Labute approximate surface area is 103 Å². The van der Waals surface area contributed by atoms with Gasteiger partial charge in [0, 0.05) is 19.2 Å². The maximum atomic E-state index is 12.9. The molecule has 18 heavy (non-hydrogen) atoms. The van der Waals surface area contributed by atoms with Crippen molar-refractivity contribution in [3.8, 4) is 5.75 Å². The SMILES string of the molecule is O=C(COc1cccc(F)c1)N1CC(O)C(O)C1. The highest BCUT2D eigenvalue weighted by atomic mass is 19.1. The number of amides is 1. The Balaban J connectivity index is 1.85. The number of rotatable bonds is 3. The van der Waals surface area contributed by atoms with Crippen LogP contribution in [0.2, 0.25) is 0 Å². The predicted molar refractivity (Wildman–Crippen MR) is 60.5 cm³/mol. The molecule has 1 amide bonds. The second-order valence-corrected chi connectivity index (χ2v) is 4.18. The summed E-state index contributed by atoms with van der Waals surface area (Å²) in [6.07, 6.45) is -1.83. The topological polar surface area (TPSA) is 70.0 Å². The van der Waals surface area contributed by atoms with Crippen LogP contribution in [-0.2, 0) is 4.79 Å². The van der Waals surface area contributed by atoms with Gasteiger partial charge in [0.15, 0.2) is 6.61 Å². The maximum Gasteiger partial charge on any atom is 0.260 e. The third kappa shape index (κ3) is 2.96. The van der Waals surface area contributed by atoms with E-state index in [0.29, 0.717) is 0 Å². The van der Waals surface area contributed by atoms with E-state index in [9.17, 15) is 19.4 Å². The molecule has 98 valence electrons. The van der Waals surface area contributed by atoms with E-state index in [1.807, 2.05) is 0 Å². The van der Waals surface area contributed by atoms with Gasteiger partial charge < -0.3 is 19.8 Å². The molecule has 2 unspecified atom stereocenters. The molecule has 1 aromatic carbocycles. The summed E-state index contributed by atoms with van der Waals surface area (Å²) in [5.74, 6) is -0.523. The van der Waals surface area contributed by atoms with Crippen LogP contribution in [0.15, 0.2) is 24.3 Å². The van der Waals surface area contributed by atoms with E-state index in [4.69, 9.17) is 4.74 Å². The van der Waals surface area contributed by atoms with Crippen molar-refractivity contribution in [3.05, 3.63) is 30.1 Å². The molecule has 1 saturated heterocycles. The van der Waals surface area contributed by atoms with Crippen LogP contribution in [-0.4, -0.2) is 52.9 Å². The molecule has 0 saturated carbocycles. The van der Waals surface area contributed by atoms with E-state index >= 15 is 0 Å². The number of carbonyl (C=O) groups is 1. The first-order valence-corrected chi connectivity index (χ1v) is 5.58. The van der Waals surface area contributed by atoms with Crippen molar-refractivity contribution in [1.82, 2.24) is 4.90 Å². The number of carbonyl (C=O) groups excluding carboxylic acids is 1. The number of ether oxygens (including phenoxy) is 1. The minimum Gasteiger partial charge on any atom is -0.484 e. The Morgan fingerprint density at radius 2 is 2.06 bits per heavy atom. The lowest BCUT2D eigenvalue weighted by atomic mass is 10.3. The average Bonchev–Trinajstić information content (AvgIpc) is 2.67. The molecule has 0 radical (unpaired) electrons. The number of likely N-dealkylation sites (tertiary alicyclic amines) is 1. The number of hydrogen-bond donors (Lipinski definition) is 2. The predicted octanol–water partition coefficient (Wildman–Crippen LogP) is -0.231. The van der Waals surface area contributed by atoms with Gasteiger partial charge in [-0.2, -0.15) is 0 Å². The van der Waals surface area contributed by atoms with Gasteiger partial charge >= 0.3 is 0 Å². The Bertz CT molecular complexity index is 430. The van der Waals surface area contributed by atoms with Crippen LogP contribution < -0.4 is 4.74 Å². The molecule has 0 aromatic heterocycles. The van der Waals surface area contributed by atoms with E-state index in [0.717, 1.165) is 0 Å². The first-order chi connectivity index (χ1) is 8.56. The fourth-order valence-corrected chi connectivity index (χ4v) is 1.77. The fourth-order valence-electron chi connectivity index (χ4n) is 1.77. The number of nitrogens with zero attached hydrogens (tertiary/aromatic N) is 1. The Morgan fingerprint density at radius 1 is 1.39 bits per heavy atom. The van der Waals surface area contributed by atoms with Crippen molar-refractivity contribution in [2.24, 2.45) is 0 Å². The third-order valence-corrected chi connectivity index (χ3v) is 2.77. The first-order valence-electron chi connectivity index (χ1n) is 5.58. The molecule has 5 nitrogen and oxygen atoms in total. The smallest absolute Gasteiger partial charge is 0.260 e. The summed E-state index contributed by atoms with van der Waals surface area (Å²) in [4.78, 5) is 13.0. The van der Waals surface area contributed by atoms with E-state index in [-0.39, 0.29) is 31.4 Å². The van der Waals surface area contributed by atoms with Gasteiger partial charge in [-0.1, -0.05) is 6.07 Å². The lowest BCUT2D eigenvalue weighted by Gasteiger charge is -2.15. The number of benzene rings is 1. The molecule has 1 aliphatic rings. The molecule has 0 aliphatic carbocycles. The molecule has 1 fully saturated rings. The monoisotopic (exact) mass is 255 g/mol. The second-order valence-electron chi connectivity index (χ2n) is 4.18. The Kier molecular flexibility index (Phi) is 3.78. The molecule has 6 heteroatoms. The van der Waals surface area contributed by atoms with Crippen LogP contribution in [0.5, 0.6) is 5.75 Å². The van der Waals surface area contributed by atoms with Gasteiger partial charge in [-0.25, -0.2) is 4.39 Å². The zero-order valence-corrected chi connectivity index (χ0v) is 9.62. The fraction of sp³-hybridized carbons (Fsp3) is 0.417. The van der Waals surface area contributed by atoms with Crippen molar-refractivity contribution in [1.29, 1.82) is 0 Å². The van der Waals surface area contributed by atoms with Gasteiger partial charge in [0.05, 0.1) is 12.2 Å². The van der Waals surface area contributed by atoms with Crippen LogP contribution in [0.25, 0.3) is 0 Å². The summed E-state index contributed by atoms with van der Waals surface area (Å²) in [5.41, 5.74) is 0. The minimum atomic E-state index is -0.914. The Hall–Kier alpha value is -1.66. The van der Waals surface area contributed by atoms with Gasteiger partial charge in [0.25, 0.3) is 5.91 Å². The van der Waals surface area contributed by atoms with Crippen LogP contribution in [0.3, 0.4) is 0 Å². The zero-order valence-electron chi connectivity index (χ0n) is 9.62. The summed E-state index contributed by atoms with van der Waals surface area (Å²) in [5, 5.41) is 18.6. The van der Waals surface area contributed by atoms with Crippen LogP contribution >= 0.6 is 0 Å². The highest BCUT2D eigenvalue weighted by Gasteiger charge is 2.32. The van der Waals surface area contributed by atoms with Crippen molar-refractivity contribution in [2.75, 3.05) is 19.7 Å². The summed E-state index contributed by atoms with van der Waals surface area (Å²) in [6.45, 7) is -0.0675. The Morgan fingerprint density at radius 3 is 2.67 bits per heavy atom. The normalized spacial score (nSPS) is 23.2. The summed E-state index contributed by atoms with van der Waals surface area (Å²) < 4.78 is 18.0. The van der Waals surface area contributed by atoms with E-state index in [2.05, 4.69) is 0 Å². The second kappa shape index (κ2) is 5.32. The number of hydrogen-bond acceptors (Lipinski definition) is 4. The van der Waals surface area contributed by atoms with Gasteiger partial charge in [0.2, 0.25) is 0 Å². The molecule has 1 heterocycles. The van der Waals surface area contributed by atoms with Crippen LogP contribution in [0.4, 0.5) is 4.39 Å². The molecule has 0 bridgehead atoms. The highest BCUT2D eigenvalue weighted by molar-refractivity contribution is 5.78. The standard InChI is InChI=1S/C12H14FNO4/c13-8-2-1-3-9(4-8)18-7-12(17)14-5-10(15)11(16)6-14/h1-4,10-11,15-16H,5-7H2. The van der Waals surface area contributed by atoms with Gasteiger partial charge in [-0.15, -0.1) is 0 Å². The largest absolute Gasteiger partial charge is 0.484 e. The quantitative estimate of drug-likeness (QED) is 0.782. The van der Waals surface area contributed by atoms with Crippen LogP contribution in [0.1, 0.15) is 0 Å². The lowest BCUT2D eigenvalue weighted by molar-refractivity contribution is -0.132.